The van der Waals surface area contributed by atoms with Gasteiger partial charge in [-0.3, -0.25) is 19.9 Å². The molecule has 0 radical (unpaired) electrons. The third kappa shape index (κ3) is 21.8. The van der Waals surface area contributed by atoms with Gasteiger partial charge in [-0.15, -0.1) is 0 Å². The molecule has 0 atom stereocenters. The van der Waals surface area contributed by atoms with E-state index in [0.29, 0.717) is 17.8 Å². The SMILES string of the molecule is Cc1cc(C)c(C)c(-c2c3c(nc[n+]2C)C=C(c2ccc(C(C)C)nc2)C3)c1.Cc1cc(C)c(C)c(-c2c3c(nc[n+]2C)C=C(c2ccc(C4CCCC4)nc2)C3)c1.Cc1cc(C)c(C)c(-c2c3c(nc[n+]2C)C=C(c2ccc(CC(C)(C)C)nc2)C3)c1.Cc1cc(C)c(C)c(-c2c3c(nc[n+]2C)C=C(c2ccc(CC(C)C)nc2)C3)c1.Cc1cc(C)c(C)c(-c2c3c(nc[n+]2C)C=C(c2cnc(C)nc2)C3)c1. The van der Waals surface area contributed by atoms with E-state index in [1.165, 1.54) is 249 Å². The summed E-state index contributed by atoms with van der Waals surface area (Å²) in [7, 11) is 10.5. The number of allylic oxidation sites excluding steroid dienone is 5. The first-order valence-corrected chi connectivity index (χ1v) is 51.2. The number of nitrogens with zero attached hydrogens (tertiary/aromatic N) is 16. The van der Waals surface area contributed by atoms with Gasteiger partial charge in [-0.05, 0) is 369 Å². The molecule has 5 aromatic carbocycles. The Morgan fingerprint density at radius 3 is 0.832 bits per heavy atom. The lowest BCUT2D eigenvalue weighted by atomic mass is 9.90. The van der Waals surface area contributed by atoms with Crippen LogP contribution in [0.4, 0.5) is 0 Å². The molecule has 0 N–H and O–H groups in total. The van der Waals surface area contributed by atoms with Gasteiger partial charge in [0.25, 0.3) is 31.6 Å². The Labute approximate surface area is 849 Å². The van der Waals surface area contributed by atoms with Crippen LogP contribution in [0.15, 0.2) is 178 Å². The molecular weight excluding hydrogens is 1750 g/mol. The second-order valence-electron chi connectivity index (χ2n) is 43.4. The number of pyridine rings is 4. The quantitative estimate of drug-likeness (QED) is 0.0898. The summed E-state index contributed by atoms with van der Waals surface area (Å²) in [5.41, 5.74) is 61.9. The molecule has 10 aromatic heterocycles. The largest absolute Gasteiger partial charge is 0.287 e. The van der Waals surface area contributed by atoms with Gasteiger partial charge in [0.2, 0.25) is 0 Å². The predicted octanol–water partition coefficient (Wildman–Crippen LogP) is 25.2. The molecule has 726 valence electrons. The number of aromatic nitrogens is 16. The van der Waals surface area contributed by atoms with Crippen LogP contribution in [0.3, 0.4) is 0 Å². The van der Waals surface area contributed by atoms with Crippen LogP contribution in [0.1, 0.15) is 282 Å². The van der Waals surface area contributed by atoms with Crippen LogP contribution in [-0.2, 0) is 80.2 Å². The van der Waals surface area contributed by atoms with Crippen molar-refractivity contribution in [3.05, 3.63) is 374 Å². The molecule has 6 aliphatic rings. The van der Waals surface area contributed by atoms with Crippen molar-refractivity contribution in [3.63, 3.8) is 0 Å². The van der Waals surface area contributed by atoms with E-state index in [1.54, 1.807) is 0 Å². The van der Waals surface area contributed by atoms with Crippen molar-refractivity contribution < 1.29 is 22.8 Å². The molecule has 0 saturated heterocycles. The Morgan fingerprint density at radius 2 is 0.573 bits per heavy atom. The van der Waals surface area contributed by atoms with Crippen molar-refractivity contribution in [3.8, 4) is 56.3 Å². The average molecular weight is 1890 g/mol. The van der Waals surface area contributed by atoms with Crippen molar-refractivity contribution in [2.75, 3.05) is 0 Å². The molecule has 0 amide bonds. The summed E-state index contributed by atoms with van der Waals surface area (Å²) in [4.78, 5) is 51.2. The minimum absolute atomic E-state index is 0.245. The first-order valence-electron chi connectivity index (χ1n) is 51.2. The van der Waals surface area contributed by atoms with E-state index in [1.807, 2.05) is 69.5 Å². The maximum Gasteiger partial charge on any atom is 0.287 e. The van der Waals surface area contributed by atoms with Gasteiger partial charge in [-0.25, -0.2) is 32.8 Å². The Balaban J connectivity index is 0.000000123. The molecule has 143 heavy (non-hydrogen) atoms. The molecule has 21 rings (SSSR count). The molecule has 6 aliphatic carbocycles. The van der Waals surface area contributed by atoms with Gasteiger partial charge in [-0.1, -0.05) is 144 Å². The van der Waals surface area contributed by atoms with Crippen LogP contribution in [0.2, 0.25) is 0 Å². The maximum atomic E-state index is 4.84. The Hall–Kier alpha value is -14.1. The molecule has 0 aliphatic heterocycles. The van der Waals surface area contributed by atoms with Crippen molar-refractivity contribution in [1.82, 2.24) is 54.8 Å². The van der Waals surface area contributed by atoms with E-state index in [9.17, 15) is 0 Å². The van der Waals surface area contributed by atoms with Gasteiger partial charge >= 0.3 is 0 Å². The van der Waals surface area contributed by atoms with Gasteiger partial charge in [0, 0.05) is 131 Å². The molecule has 0 spiro atoms. The van der Waals surface area contributed by atoms with E-state index in [4.69, 9.17) is 34.9 Å². The van der Waals surface area contributed by atoms with Crippen molar-refractivity contribution in [2.24, 2.45) is 46.6 Å². The standard InChI is InChI=1S/C27H30N3.C27H32N3.C26H30N3.C25H28N3.C22H23N4/c1-17-11-18(2)19(3)23(12-17)27-24-13-22(14-26(24)29-16-30(27)4)21-9-10-25(28-15-21)20-7-5-6-8-20;1-17-10-18(2)19(3)23(11-17)26-24-12-21(13-25(24)29-16-30(26)7)20-8-9-22(28-15-20)14-27(4,5)6;1-16(2)9-22-8-7-20(14-27-22)21-12-24-25(13-21)28-15-29(6)26(24)23-11-17(3)10-18(4)19(23)5;1-15(2)23-8-7-19(13-26-23)20-11-22-24(12-20)27-14-28(6)25(22)21-10-16(3)9-17(4)18(21)5;1-13-6-14(2)15(3)19(7-13)22-20-8-17(9-21(20)25-12-26(22)5)18-10-23-16(4)24-11-18/h9-12,14-16,20H,5-8,13H2,1-4H3;8-11,13,15-16H,12,14H2,1-7H3;7-8,10-11,13-16H,9,12H2,1-6H3;7-10,12-15H,11H2,1-6H3;6-7,9-12H,8H2,1-5H3/q5*+1. The number of benzene rings is 5. The molecule has 10 heterocycles. The average Bonchev–Trinajstić information content (AvgIpc) is 1.70. The van der Waals surface area contributed by atoms with Crippen molar-refractivity contribution in [2.45, 2.75) is 242 Å². The number of fused-ring (bicyclic) bond motifs is 5. The van der Waals surface area contributed by atoms with Gasteiger partial charge in [0.1, 0.15) is 34.3 Å². The zero-order valence-corrected chi connectivity index (χ0v) is 89.8. The van der Waals surface area contributed by atoms with Crippen molar-refractivity contribution >= 4 is 58.2 Å². The Morgan fingerprint density at radius 1 is 0.301 bits per heavy atom. The van der Waals surface area contributed by atoms with E-state index in [2.05, 4.69) is 376 Å². The van der Waals surface area contributed by atoms with Crippen LogP contribution in [0.5, 0.6) is 0 Å². The number of hydrogen-bond acceptors (Lipinski definition) is 11. The summed E-state index contributed by atoms with van der Waals surface area (Å²) in [6.07, 6.45) is 44.4. The highest BCUT2D eigenvalue weighted by atomic mass is 15.0. The fourth-order valence-corrected chi connectivity index (χ4v) is 21.7. The van der Waals surface area contributed by atoms with Crippen LogP contribution < -0.4 is 22.8 Å². The molecule has 16 nitrogen and oxygen atoms in total. The fourth-order valence-electron chi connectivity index (χ4n) is 21.7. The number of rotatable bonds is 15. The Kier molecular flexibility index (Phi) is 29.4. The third-order valence-electron chi connectivity index (χ3n) is 29.9. The van der Waals surface area contributed by atoms with E-state index >= 15 is 0 Å². The van der Waals surface area contributed by atoms with Gasteiger partial charge in [0.05, 0.1) is 63.1 Å². The third-order valence-corrected chi connectivity index (χ3v) is 29.9. The van der Waals surface area contributed by atoms with Crippen LogP contribution in [0, 0.1) is 122 Å². The fraction of sp³-hybridized carbons (Fsp3) is 0.339. The molecular formula is C127H143N16+5. The first-order chi connectivity index (χ1) is 68.2. The topological polar surface area (TPSA) is 161 Å². The summed E-state index contributed by atoms with van der Waals surface area (Å²) in [5, 5.41) is 0. The zero-order chi connectivity index (χ0) is 102. The second kappa shape index (κ2) is 41.8. The highest BCUT2D eigenvalue weighted by Crippen LogP contribution is 2.45. The summed E-state index contributed by atoms with van der Waals surface area (Å²) in [6.45, 7) is 50.4. The smallest absolute Gasteiger partial charge is 0.261 e. The van der Waals surface area contributed by atoms with E-state index in [-0.39, 0.29) is 5.41 Å². The minimum atomic E-state index is 0.245. The molecule has 1 saturated carbocycles. The minimum Gasteiger partial charge on any atom is -0.261 e. The number of hydrogen-bond donors (Lipinski definition) is 0. The van der Waals surface area contributed by atoms with Crippen LogP contribution in [0.25, 0.3) is 115 Å². The lowest BCUT2D eigenvalue weighted by molar-refractivity contribution is -0.664. The van der Waals surface area contributed by atoms with Gasteiger partial charge < -0.3 is 0 Å². The number of aryl methyl sites for hydroxylation is 16. The normalized spacial score (nSPS) is 13.7. The molecule has 0 unspecified atom stereocenters. The highest BCUT2D eigenvalue weighted by Gasteiger charge is 2.36. The van der Waals surface area contributed by atoms with E-state index in [0.717, 1.165) is 102 Å². The zero-order valence-electron chi connectivity index (χ0n) is 89.8. The van der Waals surface area contributed by atoms with Crippen molar-refractivity contribution in [1.29, 1.82) is 0 Å². The van der Waals surface area contributed by atoms with Crippen LogP contribution >= 0.6 is 0 Å². The monoisotopic (exact) mass is 1890 g/mol. The summed E-state index contributed by atoms with van der Waals surface area (Å²) in [6, 6.07) is 40.4. The van der Waals surface area contributed by atoms with E-state index < -0.39 is 0 Å². The molecule has 16 heteroatoms. The summed E-state index contributed by atoms with van der Waals surface area (Å²) >= 11 is 0. The first kappa shape index (κ1) is 100. The highest BCUT2D eigenvalue weighted by molar-refractivity contribution is 5.95. The molecule has 1 fully saturated rings. The second-order valence-corrected chi connectivity index (χ2v) is 43.4. The lowest BCUT2D eigenvalue weighted by Gasteiger charge is -2.17. The summed E-state index contributed by atoms with van der Waals surface area (Å²) < 4.78 is 10.8. The molecule has 15 aromatic rings. The van der Waals surface area contributed by atoms with Gasteiger partial charge in [0.15, 0.2) is 28.5 Å². The van der Waals surface area contributed by atoms with Gasteiger partial charge in [-0.2, -0.15) is 0 Å². The lowest BCUT2D eigenvalue weighted by Crippen LogP contribution is -2.33. The maximum absolute atomic E-state index is 4.84. The predicted molar refractivity (Wildman–Crippen MR) is 584 cm³/mol. The van der Waals surface area contributed by atoms with Crippen LogP contribution in [-0.4, -0.2) is 54.8 Å². The summed E-state index contributed by atoms with van der Waals surface area (Å²) in [5.74, 6) is 2.52. The molecule has 0 bridgehead atoms. The Bertz CT molecular complexity index is 7640.